The Bertz CT molecular complexity index is 468. The zero-order valence-corrected chi connectivity index (χ0v) is 14.4. The van der Waals surface area contributed by atoms with Gasteiger partial charge in [0.1, 0.15) is 0 Å². The van der Waals surface area contributed by atoms with E-state index in [2.05, 4.69) is 57.8 Å². The minimum atomic E-state index is 0.344. The van der Waals surface area contributed by atoms with Crippen LogP contribution >= 0.6 is 0 Å². The summed E-state index contributed by atoms with van der Waals surface area (Å²) in [6.07, 6.45) is 5.24. The summed E-state index contributed by atoms with van der Waals surface area (Å²) in [5.41, 5.74) is 10.8. The van der Waals surface area contributed by atoms with Crippen molar-refractivity contribution in [3.05, 3.63) is 34.9 Å². The topological polar surface area (TPSA) is 29.3 Å². The number of hydrogen-bond donors (Lipinski definition) is 1. The number of benzene rings is 1. The lowest BCUT2D eigenvalue weighted by atomic mass is 9.75. The van der Waals surface area contributed by atoms with Gasteiger partial charge in [0.05, 0.1) is 0 Å². The first-order chi connectivity index (χ1) is 9.84. The lowest BCUT2D eigenvalue weighted by molar-refractivity contribution is 0.0964. The van der Waals surface area contributed by atoms with E-state index in [4.69, 9.17) is 5.73 Å². The summed E-state index contributed by atoms with van der Waals surface area (Å²) in [5.74, 6) is 0. The Labute approximate surface area is 130 Å². The molecule has 1 saturated carbocycles. The number of hydrogen-bond acceptors (Lipinski definition) is 2. The fraction of sp³-hybridized carbons (Fsp3) is 0.684. The van der Waals surface area contributed by atoms with Crippen LogP contribution in [0, 0.1) is 19.3 Å². The molecule has 1 aromatic rings. The molecule has 1 fully saturated rings. The van der Waals surface area contributed by atoms with Crippen LogP contribution in [0.15, 0.2) is 18.2 Å². The van der Waals surface area contributed by atoms with E-state index in [9.17, 15) is 0 Å². The number of nitrogens with two attached hydrogens (primary N) is 1. The molecule has 0 heterocycles. The maximum atomic E-state index is 6.14. The molecular formula is C19H32N2. The fourth-order valence-electron chi connectivity index (χ4n) is 3.68. The van der Waals surface area contributed by atoms with Crippen LogP contribution in [0.5, 0.6) is 0 Å². The molecule has 2 nitrogen and oxygen atoms in total. The van der Waals surface area contributed by atoms with Crippen molar-refractivity contribution in [2.24, 2.45) is 11.1 Å². The summed E-state index contributed by atoms with van der Waals surface area (Å²) in [4.78, 5) is 2.54. The van der Waals surface area contributed by atoms with Crippen molar-refractivity contribution in [2.45, 2.75) is 65.5 Å². The highest BCUT2D eigenvalue weighted by molar-refractivity contribution is 5.33. The molecule has 0 saturated heterocycles. The fourth-order valence-corrected chi connectivity index (χ4v) is 3.68. The van der Waals surface area contributed by atoms with Gasteiger partial charge in [-0.1, -0.05) is 37.6 Å². The molecule has 1 unspecified atom stereocenters. The number of rotatable bonds is 4. The number of aryl methyl sites for hydroxylation is 2. The first-order valence-corrected chi connectivity index (χ1v) is 8.33. The van der Waals surface area contributed by atoms with Crippen LogP contribution in [0.4, 0.5) is 0 Å². The average Bonchev–Trinajstić information content (AvgIpc) is 2.43. The van der Waals surface area contributed by atoms with Gasteiger partial charge < -0.3 is 5.73 Å². The van der Waals surface area contributed by atoms with Crippen molar-refractivity contribution in [1.29, 1.82) is 0 Å². The van der Waals surface area contributed by atoms with Crippen LogP contribution in [0.3, 0.4) is 0 Å². The van der Waals surface area contributed by atoms with E-state index in [0.29, 0.717) is 24.0 Å². The second-order valence-corrected chi connectivity index (χ2v) is 7.67. The summed E-state index contributed by atoms with van der Waals surface area (Å²) in [7, 11) is 2.27. The Kier molecular flexibility index (Phi) is 5.11. The Morgan fingerprint density at radius 1 is 1.24 bits per heavy atom. The molecule has 118 valence electrons. The summed E-state index contributed by atoms with van der Waals surface area (Å²) in [6, 6.07) is 7.75. The van der Waals surface area contributed by atoms with Crippen molar-refractivity contribution >= 4 is 0 Å². The Balaban J connectivity index is 2.15. The van der Waals surface area contributed by atoms with E-state index in [0.717, 1.165) is 0 Å². The third-order valence-electron chi connectivity index (χ3n) is 5.39. The van der Waals surface area contributed by atoms with Crippen molar-refractivity contribution in [3.63, 3.8) is 0 Å². The van der Waals surface area contributed by atoms with E-state index in [1.165, 1.54) is 42.4 Å². The van der Waals surface area contributed by atoms with Gasteiger partial charge in [0.2, 0.25) is 0 Å². The summed E-state index contributed by atoms with van der Waals surface area (Å²) < 4.78 is 0. The predicted octanol–water partition coefficient (Wildman–Crippen LogP) is 4.20. The van der Waals surface area contributed by atoms with Gasteiger partial charge in [0, 0.05) is 18.6 Å². The normalized spacial score (nSPS) is 20.7. The standard InChI is InChI=1S/C19H32N2/c1-14-6-7-15(2)17(12-14)18(13-20)21(5)16-8-10-19(3,4)11-9-16/h6-7,12,16,18H,8-11,13,20H2,1-5H3. The Morgan fingerprint density at radius 2 is 1.86 bits per heavy atom. The van der Waals surface area contributed by atoms with Crippen LogP contribution < -0.4 is 5.73 Å². The highest BCUT2D eigenvalue weighted by Gasteiger charge is 2.31. The quantitative estimate of drug-likeness (QED) is 0.899. The highest BCUT2D eigenvalue weighted by atomic mass is 15.2. The Morgan fingerprint density at radius 3 is 2.43 bits per heavy atom. The van der Waals surface area contributed by atoms with E-state index < -0.39 is 0 Å². The minimum Gasteiger partial charge on any atom is -0.329 e. The van der Waals surface area contributed by atoms with Crippen LogP contribution in [0.1, 0.15) is 62.3 Å². The number of likely N-dealkylation sites (N-methyl/N-ethyl adjacent to an activating group) is 1. The monoisotopic (exact) mass is 288 g/mol. The second kappa shape index (κ2) is 6.50. The second-order valence-electron chi connectivity index (χ2n) is 7.67. The molecule has 1 aromatic carbocycles. The van der Waals surface area contributed by atoms with Gasteiger partial charge in [0.15, 0.2) is 0 Å². The molecule has 0 radical (unpaired) electrons. The maximum Gasteiger partial charge on any atom is 0.0473 e. The van der Waals surface area contributed by atoms with Crippen molar-refractivity contribution in [1.82, 2.24) is 4.90 Å². The molecule has 2 rings (SSSR count). The van der Waals surface area contributed by atoms with Gasteiger partial charge >= 0.3 is 0 Å². The molecule has 1 atom stereocenters. The van der Waals surface area contributed by atoms with Crippen LogP contribution in [0.2, 0.25) is 0 Å². The largest absolute Gasteiger partial charge is 0.329 e. The molecule has 0 amide bonds. The van der Waals surface area contributed by atoms with Crippen LogP contribution in [-0.4, -0.2) is 24.5 Å². The lowest BCUT2D eigenvalue weighted by Crippen LogP contribution is -2.42. The minimum absolute atomic E-state index is 0.344. The van der Waals surface area contributed by atoms with E-state index in [1.807, 2.05) is 0 Å². The zero-order chi connectivity index (χ0) is 15.6. The van der Waals surface area contributed by atoms with E-state index in [1.54, 1.807) is 0 Å². The van der Waals surface area contributed by atoms with Gasteiger partial charge in [-0.15, -0.1) is 0 Å². The van der Waals surface area contributed by atoms with Crippen LogP contribution in [-0.2, 0) is 0 Å². The molecule has 1 aliphatic carbocycles. The molecule has 2 N–H and O–H groups in total. The first-order valence-electron chi connectivity index (χ1n) is 8.33. The van der Waals surface area contributed by atoms with Crippen LogP contribution in [0.25, 0.3) is 0 Å². The smallest absolute Gasteiger partial charge is 0.0473 e. The molecule has 0 spiro atoms. The summed E-state index contributed by atoms with van der Waals surface area (Å²) in [6.45, 7) is 9.86. The molecule has 1 aliphatic rings. The molecule has 0 bridgehead atoms. The maximum absolute atomic E-state index is 6.14. The summed E-state index contributed by atoms with van der Waals surface area (Å²) in [5, 5.41) is 0. The molecule has 0 aliphatic heterocycles. The van der Waals surface area contributed by atoms with Crippen molar-refractivity contribution in [3.8, 4) is 0 Å². The first kappa shape index (κ1) is 16.5. The number of nitrogens with zero attached hydrogens (tertiary/aromatic N) is 1. The third-order valence-corrected chi connectivity index (χ3v) is 5.39. The third kappa shape index (κ3) is 3.87. The zero-order valence-electron chi connectivity index (χ0n) is 14.4. The van der Waals surface area contributed by atoms with Crippen molar-refractivity contribution < 1.29 is 0 Å². The predicted molar refractivity (Wildman–Crippen MR) is 91.5 cm³/mol. The Hall–Kier alpha value is -0.860. The van der Waals surface area contributed by atoms with Gasteiger partial charge in [0.25, 0.3) is 0 Å². The van der Waals surface area contributed by atoms with Gasteiger partial charge in [-0.25, -0.2) is 0 Å². The van der Waals surface area contributed by atoms with Gasteiger partial charge in [-0.05, 0) is 63.1 Å². The van der Waals surface area contributed by atoms with E-state index in [-0.39, 0.29) is 0 Å². The summed E-state index contributed by atoms with van der Waals surface area (Å²) >= 11 is 0. The van der Waals surface area contributed by atoms with E-state index >= 15 is 0 Å². The average molecular weight is 288 g/mol. The SMILES string of the molecule is Cc1ccc(C)c(C(CN)N(C)C2CCC(C)(C)CC2)c1. The highest BCUT2D eigenvalue weighted by Crippen LogP contribution is 2.38. The lowest BCUT2D eigenvalue weighted by Gasteiger charge is -2.42. The van der Waals surface area contributed by atoms with Gasteiger partial charge in [-0.2, -0.15) is 0 Å². The molecular weight excluding hydrogens is 256 g/mol. The molecule has 2 heteroatoms. The van der Waals surface area contributed by atoms with Gasteiger partial charge in [-0.3, -0.25) is 4.90 Å². The molecule has 21 heavy (non-hydrogen) atoms. The van der Waals surface area contributed by atoms with Crippen molar-refractivity contribution in [2.75, 3.05) is 13.6 Å². The molecule has 0 aromatic heterocycles.